The van der Waals surface area contributed by atoms with Crippen molar-refractivity contribution in [3.63, 3.8) is 0 Å². The maximum Gasteiger partial charge on any atom is 0.461 e. The molecular weight excluding hydrogens is 247 g/mol. The number of carbonyl (C=O) groups is 1. The van der Waals surface area contributed by atoms with Crippen LogP contribution in [0.2, 0.25) is 0 Å². The highest BCUT2D eigenvalue weighted by atomic mass is 19.4. The van der Waals surface area contributed by atoms with Crippen LogP contribution in [-0.2, 0) is 0 Å². The second-order valence-electron chi connectivity index (χ2n) is 3.21. The van der Waals surface area contributed by atoms with Gasteiger partial charge in [0.05, 0.1) is 11.4 Å². The van der Waals surface area contributed by atoms with Crippen molar-refractivity contribution >= 4 is 17.2 Å². The molecule has 1 aromatic carbocycles. The molecule has 94 valence electrons. The number of rotatable bonds is 2. The highest BCUT2D eigenvalue weighted by Crippen LogP contribution is 2.39. The zero-order valence-corrected chi connectivity index (χ0v) is 8.18. The fourth-order valence-electron chi connectivity index (χ4n) is 1.08. The third-order valence-electron chi connectivity index (χ3n) is 2.03. The second kappa shape index (κ2) is 3.86. The molecule has 0 spiro atoms. The van der Waals surface area contributed by atoms with Crippen LogP contribution in [0.4, 0.5) is 33.3 Å². The summed E-state index contributed by atoms with van der Waals surface area (Å²) >= 11 is 0. The number of hydrogen-bond acceptors (Lipinski definition) is 3. The molecule has 0 aromatic heterocycles. The molecule has 0 radical (unpaired) electrons. The maximum atomic E-state index is 12.8. The molecule has 1 rings (SSSR count). The van der Waals surface area contributed by atoms with Crippen molar-refractivity contribution in [1.29, 1.82) is 0 Å². The number of carbonyl (C=O) groups excluding carboxylic acids is 1. The van der Waals surface area contributed by atoms with Crippen molar-refractivity contribution in [2.24, 2.45) is 0 Å². The third kappa shape index (κ3) is 2.15. The summed E-state index contributed by atoms with van der Waals surface area (Å²) in [4.78, 5) is 11.1. The Balaban J connectivity index is 3.27. The van der Waals surface area contributed by atoms with E-state index in [1.165, 1.54) is 6.07 Å². The lowest BCUT2D eigenvalue weighted by Gasteiger charge is -2.19. The summed E-state index contributed by atoms with van der Waals surface area (Å²) in [6, 6.07) is 3.00. The van der Waals surface area contributed by atoms with Gasteiger partial charge in [0.25, 0.3) is 0 Å². The lowest BCUT2D eigenvalue weighted by atomic mass is 10.0. The maximum absolute atomic E-state index is 12.8. The van der Waals surface area contributed by atoms with Crippen LogP contribution in [0.15, 0.2) is 18.2 Å². The largest absolute Gasteiger partial charge is 0.461 e. The van der Waals surface area contributed by atoms with Crippen LogP contribution in [0.25, 0.3) is 0 Å². The number of alkyl halides is 5. The normalized spacial score (nSPS) is 12.5. The average Bonchev–Trinajstić information content (AvgIpc) is 2.19. The number of benzene rings is 1. The summed E-state index contributed by atoms with van der Waals surface area (Å²) < 4.78 is 61.4. The van der Waals surface area contributed by atoms with Crippen molar-refractivity contribution in [2.45, 2.75) is 12.1 Å². The molecule has 0 saturated heterocycles. The minimum absolute atomic E-state index is 0.242. The zero-order chi connectivity index (χ0) is 13.4. The van der Waals surface area contributed by atoms with Crippen LogP contribution in [0.3, 0.4) is 0 Å². The fourth-order valence-corrected chi connectivity index (χ4v) is 1.08. The number of halogens is 5. The number of para-hydroxylation sites is 1. The molecule has 0 unspecified atom stereocenters. The first-order chi connectivity index (χ1) is 7.59. The van der Waals surface area contributed by atoms with E-state index in [0.717, 1.165) is 12.1 Å². The lowest BCUT2D eigenvalue weighted by molar-refractivity contribution is -0.255. The van der Waals surface area contributed by atoms with Gasteiger partial charge in [0.2, 0.25) is 5.78 Å². The summed E-state index contributed by atoms with van der Waals surface area (Å²) in [5, 5.41) is 0. The summed E-state index contributed by atoms with van der Waals surface area (Å²) in [5.74, 6) is -7.91. The SMILES string of the molecule is Nc1cccc(C(=O)C(F)(F)C(F)(F)F)c1N. The molecule has 3 nitrogen and oxygen atoms in total. The van der Waals surface area contributed by atoms with E-state index in [0.29, 0.717) is 0 Å². The smallest absolute Gasteiger partial charge is 0.397 e. The van der Waals surface area contributed by atoms with Gasteiger partial charge in [0.1, 0.15) is 0 Å². The van der Waals surface area contributed by atoms with Gasteiger partial charge in [-0.3, -0.25) is 4.79 Å². The molecule has 0 atom stereocenters. The number of Topliss-reactive ketones (excluding diaryl/α,β-unsaturated/α-hetero) is 1. The van der Waals surface area contributed by atoms with Gasteiger partial charge in [-0.05, 0) is 12.1 Å². The Kier molecular flexibility index (Phi) is 3.00. The highest BCUT2D eigenvalue weighted by molar-refractivity contribution is 6.07. The van der Waals surface area contributed by atoms with Crippen molar-refractivity contribution in [2.75, 3.05) is 11.5 Å². The Labute approximate surface area is 92.2 Å². The van der Waals surface area contributed by atoms with Gasteiger partial charge in [-0.15, -0.1) is 0 Å². The van der Waals surface area contributed by atoms with E-state index in [2.05, 4.69) is 0 Å². The molecule has 0 amide bonds. The van der Waals surface area contributed by atoms with Gasteiger partial charge in [-0.2, -0.15) is 22.0 Å². The van der Waals surface area contributed by atoms with Gasteiger partial charge in [-0.1, -0.05) is 6.07 Å². The van der Waals surface area contributed by atoms with E-state index < -0.39 is 29.1 Å². The molecule has 0 saturated carbocycles. The van der Waals surface area contributed by atoms with E-state index in [-0.39, 0.29) is 5.69 Å². The summed E-state index contributed by atoms with van der Waals surface area (Å²) in [7, 11) is 0. The van der Waals surface area contributed by atoms with Crippen LogP contribution >= 0.6 is 0 Å². The monoisotopic (exact) mass is 254 g/mol. The first kappa shape index (κ1) is 13.2. The molecule has 0 aliphatic carbocycles. The van der Waals surface area contributed by atoms with E-state index in [1.54, 1.807) is 0 Å². The minimum atomic E-state index is -5.97. The first-order valence-corrected chi connectivity index (χ1v) is 4.22. The molecule has 4 N–H and O–H groups in total. The summed E-state index contributed by atoms with van der Waals surface area (Å²) in [6.07, 6.45) is -5.97. The van der Waals surface area contributed by atoms with E-state index in [1.807, 2.05) is 0 Å². The number of hydrogen-bond donors (Lipinski definition) is 2. The molecule has 0 fully saturated rings. The molecule has 0 heterocycles. The second-order valence-corrected chi connectivity index (χ2v) is 3.21. The molecule has 0 aliphatic rings. The van der Waals surface area contributed by atoms with Gasteiger partial charge in [0, 0.05) is 5.56 Å². The van der Waals surface area contributed by atoms with Crippen molar-refractivity contribution in [1.82, 2.24) is 0 Å². The van der Waals surface area contributed by atoms with Gasteiger partial charge >= 0.3 is 12.1 Å². The number of nitrogens with two attached hydrogens (primary N) is 2. The molecule has 8 heteroatoms. The Hall–Kier alpha value is -1.86. The van der Waals surface area contributed by atoms with E-state index in [9.17, 15) is 26.7 Å². The Morgan fingerprint density at radius 3 is 2.06 bits per heavy atom. The Morgan fingerprint density at radius 1 is 1.06 bits per heavy atom. The molecule has 1 aromatic rings. The van der Waals surface area contributed by atoms with Crippen LogP contribution in [0, 0.1) is 0 Å². The van der Waals surface area contributed by atoms with Gasteiger partial charge < -0.3 is 11.5 Å². The first-order valence-electron chi connectivity index (χ1n) is 4.22. The number of nitrogen functional groups attached to an aromatic ring is 2. The number of ketones is 1. The van der Waals surface area contributed by atoms with Crippen molar-refractivity contribution in [3.05, 3.63) is 23.8 Å². The van der Waals surface area contributed by atoms with Gasteiger partial charge in [-0.25, -0.2) is 0 Å². The Morgan fingerprint density at radius 2 is 1.59 bits per heavy atom. The third-order valence-corrected chi connectivity index (χ3v) is 2.03. The van der Waals surface area contributed by atoms with Crippen molar-refractivity contribution in [3.8, 4) is 0 Å². The summed E-state index contributed by atoms with van der Waals surface area (Å²) in [6.45, 7) is 0. The van der Waals surface area contributed by atoms with E-state index >= 15 is 0 Å². The van der Waals surface area contributed by atoms with Crippen LogP contribution in [0.5, 0.6) is 0 Å². The minimum Gasteiger partial charge on any atom is -0.397 e. The predicted octanol–water partition coefficient (Wildman–Crippen LogP) is 2.23. The topological polar surface area (TPSA) is 69.1 Å². The zero-order valence-electron chi connectivity index (χ0n) is 8.18. The molecule has 17 heavy (non-hydrogen) atoms. The standard InChI is InChI=1S/C9H7F5N2O/c10-8(11,9(12,13)14)7(17)4-2-1-3-5(15)6(4)16/h1-3H,15-16H2. The van der Waals surface area contributed by atoms with Crippen LogP contribution < -0.4 is 11.5 Å². The molecule has 0 aliphatic heterocycles. The molecular formula is C9H7F5N2O. The fraction of sp³-hybridized carbons (Fsp3) is 0.222. The lowest BCUT2D eigenvalue weighted by Crippen LogP contribution is -2.44. The quantitative estimate of drug-likeness (QED) is 0.483. The Bertz CT molecular complexity index is 455. The van der Waals surface area contributed by atoms with Gasteiger partial charge in [0.15, 0.2) is 0 Å². The van der Waals surface area contributed by atoms with Crippen molar-refractivity contribution < 1.29 is 26.7 Å². The number of anilines is 2. The average molecular weight is 254 g/mol. The highest BCUT2D eigenvalue weighted by Gasteiger charge is 2.63. The van der Waals surface area contributed by atoms with E-state index in [4.69, 9.17) is 11.5 Å². The predicted molar refractivity (Wildman–Crippen MR) is 50.6 cm³/mol. The van der Waals surface area contributed by atoms with Crippen LogP contribution in [-0.4, -0.2) is 17.9 Å². The summed E-state index contributed by atoms with van der Waals surface area (Å²) in [5.41, 5.74) is 8.60. The van der Waals surface area contributed by atoms with Crippen LogP contribution in [0.1, 0.15) is 10.4 Å². The molecule has 0 bridgehead atoms.